The summed E-state index contributed by atoms with van der Waals surface area (Å²) in [5.41, 5.74) is 7.00. The Hall–Kier alpha value is -2.52. The third-order valence-corrected chi connectivity index (χ3v) is 5.62. The van der Waals surface area contributed by atoms with E-state index in [0.29, 0.717) is 16.9 Å². The van der Waals surface area contributed by atoms with Gasteiger partial charge >= 0.3 is 5.97 Å². The molecule has 1 unspecified atom stereocenters. The average Bonchev–Trinajstić information content (AvgIpc) is 2.58. The van der Waals surface area contributed by atoms with Gasteiger partial charge in [0.25, 0.3) is 5.91 Å². The van der Waals surface area contributed by atoms with Crippen molar-refractivity contribution in [2.24, 2.45) is 5.73 Å². The molecule has 0 saturated carbocycles. The van der Waals surface area contributed by atoms with Gasteiger partial charge < -0.3 is 21.3 Å². The van der Waals surface area contributed by atoms with Crippen LogP contribution in [0, 0.1) is 0 Å². The summed E-state index contributed by atoms with van der Waals surface area (Å²) in [5.74, 6) is -1.61. The van der Waals surface area contributed by atoms with Crippen molar-refractivity contribution >= 4 is 29.5 Å². The number of hydrogen-bond acceptors (Lipinski definition) is 6. The van der Waals surface area contributed by atoms with E-state index in [1.54, 1.807) is 6.92 Å². The molecule has 0 aliphatic carbocycles. The average molecular weight is 363 g/mol. The molecule has 1 fully saturated rings. The van der Waals surface area contributed by atoms with Crippen molar-refractivity contribution in [1.82, 2.24) is 10.2 Å². The first-order valence-corrected chi connectivity index (χ1v) is 8.58. The first-order chi connectivity index (χ1) is 11.8. The Labute approximate surface area is 147 Å². The second-order valence-electron chi connectivity index (χ2n) is 5.90. The Bertz CT molecular complexity index is 776. The maximum Gasteiger partial charge on any atom is 0.352 e. The van der Waals surface area contributed by atoms with Crippen LogP contribution in [0.3, 0.4) is 0 Å². The number of carboxylic acid groups (broad SMARTS) is 1. The van der Waals surface area contributed by atoms with Crippen LogP contribution in [0.25, 0.3) is 0 Å². The van der Waals surface area contributed by atoms with Gasteiger partial charge in [0.2, 0.25) is 5.91 Å². The predicted molar refractivity (Wildman–Crippen MR) is 90.4 cm³/mol. The van der Waals surface area contributed by atoms with Gasteiger partial charge in [-0.2, -0.15) is 0 Å². The van der Waals surface area contributed by atoms with Crippen LogP contribution < -0.4 is 11.1 Å². The topological polar surface area (TPSA) is 133 Å². The van der Waals surface area contributed by atoms with E-state index in [1.807, 2.05) is 0 Å². The molecule has 2 aliphatic rings. The standard InChI is InChI=1S/C16H17N3O5S/c1-7-6-25-15-11(14(22)19(15)12(7)16(23)24)18-13(21)10(17)8-2-4-9(20)5-3-8/h2-5,10-11,15,20H,6,17H2,1H3,(H,18,21)(H,23,24)/t10?,11-,15-/m0/s1. The number of nitrogens with zero attached hydrogens (tertiary/aromatic N) is 1. The van der Waals surface area contributed by atoms with Crippen molar-refractivity contribution in [3.8, 4) is 5.75 Å². The van der Waals surface area contributed by atoms with Crippen molar-refractivity contribution < 1.29 is 24.6 Å². The molecule has 5 N–H and O–H groups in total. The van der Waals surface area contributed by atoms with Crippen LogP contribution in [0.1, 0.15) is 18.5 Å². The fourth-order valence-corrected chi connectivity index (χ4v) is 4.14. The van der Waals surface area contributed by atoms with Crippen LogP contribution in [0.15, 0.2) is 35.5 Å². The molecule has 2 heterocycles. The second kappa shape index (κ2) is 6.41. The number of hydrogen-bond donors (Lipinski definition) is 4. The van der Waals surface area contributed by atoms with Gasteiger partial charge in [0, 0.05) is 5.75 Å². The van der Waals surface area contributed by atoms with E-state index >= 15 is 0 Å². The fourth-order valence-electron chi connectivity index (χ4n) is 2.85. The summed E-state index contributed by atoms with van der Waals surface area (Å²) in [6.07, 6.45) is 0. The molecule has 132 valence electrons. The molecule has 0 bridgehead atoms. The lowest BCUT2D eigenvalue weighted by molar-refractivity contribution is -0.150. The summed E-state index contributed by atoms with van der Waals surface area (Å²) in [6, 6.07) is 4.09. The van der Waals surface area contributed by atoms with Crippen LogP contribution in [0.5, 0.6) is 5.75 Å². The number of phenolic OH excluding ortho intramolecular Hbond substituents is 1. The Morgan fingerprint density at radius 2 is 2.00 bits per heavy atom. The molecule has 1 aromatic carbocycles. The van der Waals surface area contributed by atoms with Crippen molar-refractivity contribution in [3.05, 3.63) is 41.1 Å². The number of phenols is 1. The highest BCUT2D eigenvalue weighted by Gasteiger charge is 2.53. The number of amides is 2. The fraction of sp³-hybridized carbons (Fsp3) is 0.312. The van der Waals surface area contributed by atoms with Crippen molar-refractivity contribution in [2.75, 3.05) is 5.75 Å². The molecule has 3 rings (SSSR count). The zero-order valence-electron chi connectivity index (χ0n) is 13.3. The van der Waals surface area contributed by atoms with Gasteiger partial charge in [-0.25, -0.2) is 4.79 Å². The first-order valence-electron chi connectivity index (χ1n) is 7.54. The number of aliphatic carboxylic acids is 1. The highest BCUT2D eigenvalue weighted by Crippen LogP contribution is 2.40. The molecule has 0 spiro atoms. The summed E-state index contributed by atoms with van der Waals surface area (Å²) in [4.78, 5) is 37.2. The summed E-state index contributed by atoms with van der Waals surface area (Å²) >= 11 is 1.40. The number of thioether (sulfide) groups is 1. The minimum Gasteiger partial charge on any atom is -0.508 e. The number of carboxylic acids is 1. The maximum atomic E-state index is 12.3. The van der Waals surface area contributed by atoms with Crippen molar-refractivity contribution in [3.63, 3.8) is 0 Å². The third-order valence-electron chi connectivity index (χ3n) is 4.19. The zero-order valence-corrected chi connectivity index (χ0v) is 14.1. The molecule has 2 aliphatic heterocycles. The number of carbonyl (C=O) groups is 3. The van der Waals surface area contributed by atoms with Gasteiger partial charge in [0.05, 0.1) is 0 Å². The number of β-lactam (4-membered cyclic amide) rings is 1. The lowest BCUT2D eigenvalue weighted by Gasteiger charge is -2.49. The van der Waals surface area contributed by atoms with Gasteiger partial charge in [-0.1, -0.05) is 12.1 Å². The molecule has 0 radical (unpaired) electrons. The summed E-state index contributed by atoms with van der Waals surface area (Å²) < 4.78 is 0. The quantitative estimate of drug-likeness (QED) is 0.560. The predicted octanol–water partition coefficient (Wildman–Crippen LogP) is 0.151. The number of carbonyl (C=O) groups excluding carboxylic acids is 2. The van der Waals surface area contributed by atoms with Crippen molar-refractivity contribution in [2.45, 2.75) is 24.4 Å². The van der Waals surface area contributed by atoms with E-state index < -0.39 is 35.2 Å². The number of nitrogens with two attached hydrogens (primary N) is 1. The van der Waals surface area contributed by atoms with Gasteiger partial charge in [-0.15, -0.1) is 11.8 Å². The lowest BCUT2D eigenvalue weighted by atomic mass is 10.0. The van der Waals surface area contributed by atoms with E-state index in [1.165, 1.54) is 40.9 Å². The molecule has 1 aromatic rings. The summed E-state index contributed by atoms with van der Waals surface area (Å²) in [5, 5.41) is 20.7. The van der Waals surface area contributed by atoms with Crippen LogP contribution in [-0.2, 0) is 14.4 Å². The van der Waals surface area contributed by atoms with Gasteiger partial charge in [-0.05, 0) is 30.2 Å². The number of fused-ring (bicyclic) bond motifs is 1. The Morgan fingerprint density at radius 3 is 2.60 bits per heavy atom. The second-order valence-corrected chi connectivity index (χ2v) is 7.00. The monoisotopic (exact) mass is 363 g/mol. The van der Waals surface area contributed by atoms with Crippen molar-refractivity contribution in [1.29, 1.82) is 0 Å². The largest absolute Gasteiger partial charge is 0.508 e. The molecule has 8 nitrogen and oxygen atoms in total. The molecule has 0 aromatic heterocycles. The van der Waals surface area contributed by atoms with Crippen LogP contribution >= 0.6 is 11.8 Å². The highest BCUT2D eigenvalue weighted by molar-refractivity contribution is 8.00. The van der Waals surface area contributed by atoms with Gasteiger partial charge in [0.15, 0.2) is 0 Å². The molecule has 1 saturated heterocycles. The Balaban J connectivity index is 1.71. The normalized spacial score (nSPS) is 23.6. The van der Waals surface area contributed by atoms with Crippen LogP contribution in [-0.4, -0.2) is 50.1 Å². The maximum absolute atomic E-state index is 12.3. The van der Waals surface area contributed by atoms with Gasteiger partial charge in [-0.3, -0.25) is 14.5 Å². The highest BCUT2D eigenvalue weighted by atomic mass is 32.2. The Kier molecular flexibility index (Phi) is 4.44. The Morgan fingerprint density at radius 1 is 1.36 bits per heavy atom. The minimum atomic E-state index is -1.15. The minimum absolute atomic E-state index is 0.0120. The van der Waals surface area contributed by atoms with E-state index in [0.717, 1.165) is 0 Å². The SMILES string of the molecule is CC1=C(C(=O)O)N2C(=O)[C@H](NC(=O)C(N)c3ccc(O)cc3)[C@@H]2SC1. The van der Waals surface area contributed by atoms with E-state index in [-0.39, 0.29) is 11.4 Å². The lowest BCUT2D eigenvalue weighted by Crippen LogP contribution is -2.71. The zero-order chi connectivity index (χ0) is 18.3. The molecule has 25 heavy (non-hydrogen) atoms. The summed E-state index contributed by atoms with van der Waals surface area (Å²) in [7, 11) is 0. The van der Waals surface area contributed by atoms with E-state index in [9.17, 15) is 24.6 Å². The van der Waals surface area contributed by atoms with Gasteiger partial charge in [0.1, 0.15) is 28.9 Å². The molecule has 2 amide bonds. The van der Waals surface area contributed by atoms with E-state index in [2.05, 4.69) is 5.32 Å². The van der Waals surface area contributed by atoms with Crippen LogP contribution in [0.2, 0.25) is 0 Å². The molecular formula is C16H17N3O5S. The molecular weight excluding hydrogens is 346 g/mol. The van der Waals surface area contributed by atoms with Crippen LogP contribution in [0.4, 0.5) is 0 Å². The number of aromatic hydroxyl groups is 1. The molecule has 3 atom stereocenters. The van der Waals surface area contributed by atoms with E-state index in [4.69, 9.17) is 5.73 Å². The smallest absolute Gasteiger partial charge is 0.352 e. The number of nitrogens with one attached hydrogen (secondary N) is 1. The third kappa shape index (κ3) is 2.96. The first kappa shape index (κ1) is 17.3. The molecule has 9 heteroatoms. The number of rotatable bonds is 4. The number of benzene rings is 1. The summed E-state index contributed by atoms with van der Waals surface area (Å²) in [6.45, 7) is 1.67.